The zero-order chi connectivity index (χ0) is 23.6. The molecule has 32 heavy (non-hydrogen) atoms. The highest BCUT2D eigenvalue weighted by Crippen LogP contribution is 2.67. The zero-order valence-electron chi connectivity index (χ0n) is 21.3. The number of ketones is 1. The number of hydrogen-bond acceptors (Lipinski definition) is 4. The van der Waals surface area contributed by atoms with Crippen LogP contribution >= 0.6 is 0 Å². The van der Waals surface area contributed by atoms with Crippen molar-refractivity contribution in [1.29, 1.82) is 0 Å². The number of aliphatic hydroxyl groups is 3. The van der Waals surface area contributed by atoms with E-state index in [1.54, 1.807) is 0 Å². The Kier molecular flexibility index (Phi) is 6.66. The van der Waals surface area contributed by atoms with E-state index >= 15 is 0 Å². The summed E-state index contributed by atoms with van der Waals surface area (Å²) in [5.41, 5.74) is 0.187. The summed E-state index contributed by atoms with van der Waals surface area (Å²) in [6, 6.07) is 0. The van der Waals surface area contributed by atoms with Crippen LogP contribution in [0.15, 0.2) is 0 Å². The molecule has 0 amide bonds. The van der Waals surface area contributed by atoms with Gasteiger partial charge in [0.15, 0.2) is 0 Å². The zero-order valence-corrected chi connectivity index (χ0v) is 21.3. The van der Waals surface area contributed by atoms with Gasteiger partial charge in [0, 0.05) is 12.3 Å². The Bertz CT molecular complexity index is 706. The Morgan fingerprint density at radius 3 is 2.16 bits per heavy atom. The van der Waals surface area contributed by atoms with Crippen molar-refractivity contribution >= 4 is 5.78 Å². The molecule has 0 heterocycles. The number of rotatable bonds is 5. The number of Topliss-reactive ketones (excluding diaryl/α,β-unsaturated/α-hetero) is 1. The van der Waals surface area contributed by atoms with Crippen LogP contribution in [-0.4, -0.2) is 39.4 Å². The molecule has 0 aromatic carbocycles. The van der Waals surface area contributed by atoms with Gasteiger partial charge in [0.1, 0.15) is 5.78 Å². The first-order valence-electron chi connectivity index (χ1n) is 13.5. The van der Waals surface area contributed by atoms with E-state index < -0.39 is 12.2 Å². The maximum Gasteiger partial charge on any atom is 0.136 e. The molecule has 0 radical (unpaired) electrons. The highest BCUT2D eigenvalue weighted by molar-refractivity contribution is 5.83. The van der Waals surface area contributed by atoms with Crippen LogP contribution in [0, 0.1) is 58.2 Å². The Morgan fingerprint density at radius 1 is 0.875 bits per heavy atom. The first-order valence-corrected chi connectivity index (χ1v) is 13.5. The topological polar surface area (TPSA) is 77.8 Å². The summed E-state index contributed by atoms with van der Waals surface area (Å²) in [5, 5.41) is 32.2. The van der Waals surface area contributed by atoms with Gasteiger partial charge in [-0.15, -0.1) is 0 Å². The Hall–Kier alpha value is -0.450. The average molecular weight is 449 g/mol. The summed E-state index contributed by atoms with van der Waals surface area (Å²) in [7, 11) is 0. The number of carbonyl (C=O) groups is 1. The van der Waals surface area contributed by atoms with Crippen LogP contribution in [0.5, 0.6) is 0 Å². The minimum Gasteiger partial charge on any atom is -0.393 e. The molecule has 0 saturated heterocycles. The quantitative estimate of drug-likeness (QED) is 0.563. The van der Waals surface area contributed by atoms with E-state index in [1.165, 1.54) is 0 Å². The SMILES string of the molecule is CC(C)[C@H](C)[C@@H](O)[C@H](O)[C@@H](C)[C@H]1CCC2[C@@H]3CC(=O)[C@H]4C[C@H](O)CC[C@]4(C)[C@H]3CC[C@@]21C. The number of aliphatic hydroxyl groups excluding tert-OH is 3. The van der Waals surface area contributed by atoms with Crippen molar-refractivity contribution < 1.29 is 20.1 Å². The lowest BCUT2D eigenvalue weighted by Crippen LogP contribution is -2.57. The van der Waals surface area contributed by atoms with Crippen LogP contribution in [-0.2, 0) is 4.79 Å². The number of fused-ring (bicyclic) bond motifs is 5. The molecular formula is C28H48O4. The first kappa shape index (κ1) is 24.7. The monoisotopic (exact) mass is 448 g/mol. The molecule has 4 nitrogen and oxygen atoms in total. The second-order valence-corrected chi connectivity index (χ2v) is 13.2. The van der Waals surface area contributed by atoms with Crippen LogP contribution in [0.1, 0.15) is 92.9 Å². The third-order valence-corrected chi connectivity index (χ3v) is 11.6. The van der Waals surface area contributed by atoms with Crippen molar-refractivity contribution in [3.63, 3.8) is 0 Å². The van der Waals surface area contributed by atoms with Gasteiger partial charge in [-0.2, -0.15) is 0 Å². The molecule has 4 aliphatic rings. The van der Waals surface area contributed by atoms with Gasteiger partial charge in [0.25, 0.3) is 0 Å². The van der Waals surface area contributed by atoms with Gasteiger partial charge >= 0.3 is 0 Å². The summed E-state index contributed by atoms with van der Waals surface area (Å²) in [4.78, 5) is 13.3. The summed E-state index contributed by atoms with van der Waals surface area (Å²) in [6.45, 7) is 13.2. The summed E-state index contributed by atoms with van der Waals surface area (Å²) >= 11 is 0. The molecule has 4 saturated carbocycles. The summed E-state index contributed by atoms with van der Waals surface area (Å²) in [5.74, 6) is 2.88. The summed E-state index contributed by atoms with van der Waals surface area (Å²) in [6.07, 6.45) is 6.05. The number of hydrogen-bond donors (Lipinski definition) is 3. The molecule has 0 spiro atoms. The fourth-order valence-corrected chi connectivity index (χ4v) is 9.18. The molecule has 4 aliphatic carbocycles. The van der Waals surface area contributed by atoms with Crippen molar-refractivity contribution in [3.8, 4) is 0 Å². The van der Waals surface area contributed by atoms with Crippen LogP contribution in [0.25, 0.3) is 0 Å². The molecule has 1 unspecified atom stereocenters. The van der Waals surface area contributed by atoms with Crippen LogP contribution in [0.3, 0.4) is 0 Å². The number of carbonyl (C=O) groups excluding carboxylic acids is 1. The lowest BCUT2D eigenvalue weighted by Gasteiger charge is -2.60. The van der Waals surface area contributed by atoms with E-state index in [0.717, 1.165) is 38.5 Å². The average Bonchev–Trinajstić information content (AvgIpc) is 3.10. The van der Waals surface area contributed by atoms with Crippen LogP contribution in [0.2, 0.25) is 0 Å². The highest BCUT2D eigenvalue weighted by Gasteiger charge is 2.63. The second kappa shape index (κ2) is 8.64. The van der Waals surface area contributed by atoms with Gasteiger partial charge in [-0.05, 0) is 97.2 Å². The van der Waals surface area contributed by atoms with Crippen molar-refractivity contribution in [2.75, 3.05) is 0 Å². The predicted molar refractivity (Wildman–Crippen MR) is 127 cm³/mol. The van der Waals surface area contributed by atoms with Crippen molar-refractivity contribution in [2.24, 2.45) is 58.2 Å². The largest absolute Gasteiger partial charge is 0.393 e. The molecule has 184 valence electrons. The third-order valence-electron chi connectivity index (χ3n) is 11.6. The van der Waals surface area contributed by atoms with Crippen molar-refractivity contribution in [3.05, 3.63) is 0 Å². The third kappa shape index (κ3) is 3.71. The van der Waals surface area contributed by atoms with E-state index in [-0.39, 0.29) is 34.7 Å². The molecule has 4 heteroatoms. The normalized spacial score (nSPS) is 47.9. The Labute approximate surface area is 195 Å². The molecule has 0 bridgehead atoms. The van der Waals surface area contributed by atoms with Gasteiger partial charge in [0.2, 0.25) is 0 Å². The van der Waals surface area contributed by atoms with Crippen molar-refractivity contribution in [1.82, 2.24) is 0 Å². The fourth-order valence-electron chi connectivity index (χ4n) is 9.18. The van der Waals surface area contributed by atoms with Gasteiger partial charge in [-0.3, -0.25) is 4.79 Å². The smallest absolute Gasteiger partial charge is 0.136 e. The molecule has 12 atom stereocenters. The molecule has 4 fully saturated rings. The van der Waals surface area contributed by atoms with Crippen LogP contribution < -0.4 is 0 Å². The molecule has 0 aromatic heterocycles. The van der Waals surface area contributed by atoms with Gasteiger partial charge in [-0.1, -0.05) is 41.5 Å². The van der Waals surface area contributed by atoms with Crippen LogP contribution in [0.4, 0.5) is 0 Å². The maximum atomic E-state index is 13.3. The molecule has 3 N–H and O–H groups in total. The molecule has 0 aromatic rings. The standard InChI is InChI=1S/C28H48O4/c1-15(2)16(3)25(31)26(32)17(4)20-7-8-21-19-14-24(30)23-13-18(29)9-11-28(23,6)22(19)10-12-27(20,21)5/h15-23,25-26,29,31-32H,7-14H2,1-6H3/t16-,17-,18+,19-,20+,21?,22-,23+,25+,26+,27+,28+/m0/s1. The van der Waals surface area contributed by atoms with E-state index in [4.69, 9.17) is 0 Å². The van der Waals surface area contributed by atoms with E-state index in [9.17, 15) is 20.1 Å². The van der Waals surface area contributed by atoms with E-state index in [0.29, 0.717) is 48.2 Å². The van der Waals surface area contributed by atoms with Gasteiger partial charge in [-0.25, -0.2) is 0 Å². The van der Waals surface area contributed by atoms with Crippen molar-refractivity contribution in [2.45, 2.75) is 111 Å². The molecule has 0 aliphatic heterocycles. The Morgan fingerprint density at radius 2 is 1.50 bits per heavy atom. The van der Waals surface area contributed by atoms with Gasteiger partial charge < -0.3 is 15.3 Å². The lowest BCUT2D eigenvalue weighted by molar-refractivity contribution is -0.161. The highest BCUT2D eigenvalue weighted by atomic mass is 16.3. The van der Waals surface area contributed by atoms with E-state index in [2.05, 4.69) is 34.6 Å². The fraction of sp³-hybridized carbons (Fsp3) is 0.964. The molecular weight excluding hydrogens is 400 g/mol. The summed E-state index contributed by atoms with van der Waals surface area (Å²) < 4.78 is 0. The molecule has 4 rings (SSSR count). The minimum absolute atomic E-state index is 0.0440. The predicted octanol–water partition coefficient (Wildman–Crippen LogP) is 4.84. The van der Waals surface area contributed by atoms with E-state index in [1.807, 2.05) is 6.92 Å². The second-order valence-electron chi connectivity index (χ2n) is 13.2. The Balaban J connectivity index is 1.54. The minimum atomic E-state index is -0.694. The maximum absolute atomic E-state index is 13.3. The van der Waals surface area contributed by atoms with Gasteiger partial charge in [0.05, 0.1) is 18.3 Å². The first-order chi connectivity index (χ1) is 14.9. The lowest BCUT2D eigenvalue weighted by atomic mass is 9.44.